The first-order valence-electron chi connectivity index (χ1n) is 6.28. The molecule has 0 radical (unpaired) electrons. The summed E-state index contributed by atoms with van der Waals surface area (Å²) >= 11 is 0. The van der Waals surface area contributed by atoms with Crippen molar-refractivity contribution in [3.63, 3.8) is 0 Å². The summed E-state index contributed by atoms with van der Waals surface area (Å²) in [6.45, 7) is 6.67. The highest BCUT2D eigenvalue weighted by atomic mass is 32.2. The molecule has 1 atom stereocenters. The lowest BCUT2D eigenvalue weighted by Crippen LogP contribution is -2.32. The van der Waals surface area contributed by atoms with Crippen LogP contribution in [0.5, 0.6) is 0 Å². The van der Waals surface area contributed by atoms with Gasteiger partial charge in [0.1, 0.15) is 0 Å². The van der Waals surface area contributed by atoms with Crippen LogP contribution < -0.4 is 4.72 Å². The summed E-state index contributed by atoms with van der Waals surface area (Å²) in [5, 5.41) is 0. The van der Waals surface area contributed by atoms with Crippen LogP contribution in [0.25, 0.3) is 0 Å². The molecule has 0 amide bonds. The predicted molar refractivity (Wildman–Crippen MR) is 68.5 cm³/mol. The Labute approximate surface area is 105 Å². The Morgan fingerprint density at radius 2 is 2.24 bits per heavy atom. The van der Waals surface area contributed by atoms with Gasteiger partial charge in [0.2, 0.25) is 10.0 Å². The number of sulfonamides is 1. The van der Waals surface area contributed by atoms with E-state index in [4.69, 9.17) is 4.74 Å². The van der Waals surface area contributed by atoms with Crippen LogP contribution >= 0.6 is 0 Å². The molecule has 0 saturated carbocycles. The topological polar surface area (TPSA) is 58.6 Å². The second-order valence-electron chi connectivity index (χ2n) is 4.50. The van der Waals surface area contributed by atoms with Crippen molar-refractivity contribution in [2.24, 2.45) is 5.92 Å². The highest BCUT2D eigenvalue weighted by Gasteiger charge is 2.18. The average molecular weight is 264 g/mol. The van der Waals surface area contributed by atoms with Gasteiger partial charge >= 0.3 is 0 Å². The zero-order valence-corrected chi connectivity index (χ0v) is 11.6. The van der Waals surface area contributed by atoms with E-state index in [2.05, 4.69) is 16.5 Å². The molecule has 0 bridgehead atoms. The molecule has 0 aromatic carbocycles. The van der Waals surface area contributed by atoms with Gasteiger partial charge in [0.15, 0.2) is 0 Å². The number of hydrogen-bond donors (Lipinski definition) is 1. The Hall–Kier alpha value is -0.170. The third-order valence-corrected chi connectivity index (χ3v) is 4.63. The maximum Gasteiger partial charge on any atom is 0.211 e. The van der Waals surface area contributed by atoms with E-state index in [1.54, 1.807) is 0 Å². The van der Waals surface area contributed by atoms with Crippen LogP contribution in [-0.2, 0) is 14.8 Å². The van der Waals surface area contributed by atoms with E-state index in [0.717, 1.165) is 39.3 Å². The van der Waals surface area contributed by atoms with Crippen LogP contribution in [0.15, 0.2) is 0 Å². The SMILES string of the molecule is CCN(CCCS(=O)(=O)NC)C[C@H]1CCOC1. The highest BCUT2D eigenvalue weighted by Crippen LogP contribution is 2.13. The third kappa shape index (κ3) is 5.81. The summed E-state index contributed by atoms with van der Waals surface area (Å²) in [7, 11) is -1.59. The van der Waals surface area contributed by atoms with E-state index in [0.29, 0.717) is 12.3 Å². The number of rotatable bonds is 8. The molecule has 6 heteroatoms. The molecule has 1 N–H and O–H groups in total. The third-order valence-electron chi connectivity index (χ3n) is 3.19. The Kier molecular flexibility index (Phi) is 6.40. The van der Waals surface area contributed by atoms with Crippen molar-refractivity contribution in [2.75, 3.05) is 45.6 Å². The zero-order chi connectivity index (χ0) is 12.7. The molecule has 0 aromatic rings. The first-order valence-corrected chi connectivity index (χ1v) is 7.94. The highest BCUT2D eigenvalue weighted by molar-refractivity contribution is 7.89. The standard InChI is InChI=1S/C11H24N2O3S/c1-3-13(9-11-5-7-16-10-11)6-4-8-17(14,15)12-2/h11-12H,3-10H2,1-2H3/t11-/m1/s1. The fourth-order valence-corrected chi connectivity index (χ4v) is 2.76. The molecule has 0 unspecified atom stereocenters. The van der Waals surface area contributed by atoms with E-state index in [1.807, 2.05) is 0 Å². The fraction of sp³-hybridized carbons (Fsp3) is 1.00. The minimum Gasteiger partial charge on any atom is -0.381 e. The van der Waals surface area contributed by atoms with Crippen LogP contribution in [0.2, 0.25) is 0 Å². The van der Waals surface area contributed by atoms with Crippen molar-refractivity contribution >= 4 is 10.0 Å². The quantitative estimate of drug-likeness (QED) is 0.684. The van der Waals surface area contributed by atoms with Gasteiger partial charge in [0.05, 0.1) is 12.4 Å². The predicted octanol–water partition coefficient (Wildman–Crippen LogP) is 0.284. The van der Waals surface area contributed by atoms with E-state index in [9.17, 15) is 8.42 Å². The van der Waals surface area contributed by atoms with Crippen LogP contribution in [0.3, 0.4) is 0 Å². The molecule has 1 heterocycles. The molecule has 0 spiro atoms. The summed E-state index contributed by atoms with van der Waals surface area (Å²) in [5.74, 6) is 0.831. The van der Waals surface area contributed by atoms with Gasteiger partial charge in [-0.3, -0.25) is 0 Å². The van der Waals surface area contributed by atoms with Gasteiger partial charge in [-0.15, -0.1) is 0 Å². The molecule has 5 nitrogen and oxygen atoms in total. The lowest BCUT2D eigenvalue weighted by Gasteiger charge is -2.23. The Bertz CT molecular complexity index is 300. The molecular formula is C11H24N2O3S. The van der Waals surface area contributed by atoms with Crippen molar-refractivity contribution in [3.8, 4) is 0 Å². The van der Waals surface area contributed by atoms with E-state index in [-0.39, 0.29) is 5.75 Å². The second kappa shape index (κ2) is 7.31. The lowest BCUT2D eigenvalue weighted by molar-refractivity contribution is 0.169. The maximum absolute atomic E-state index is 11.3. The molecule has 1 saturated heterocycles. The van der Waals surface area contributed by atoms with Gasteiger partial charge in [-0.2, -0.15) is 0 Å². The van der Waals surface area contributed by atoms with Crippen molar-refractivity contribution < 1.29 is 13.2 Å². The van der Waals surface area contributed by atoms with Gasteiger partial charge in [-0.05, 0) is 38.9 Å². The summed E-state index contributed by atoms with van der Waals surface area (Å²) in [6, 6.07) is 0. The minimum absolute atomic E-state index is 0.209. The lowest BCUT2D eigenvalue weighted by atomic mass is 10.1. The Balaban J connectivity index is 2.22. The molecular weight excluding hydrogens is 240 g/mol. The van der Waals surface area contributed by atoms with Crippen molar-refractivity contribution in [2.45, 2.75) is 19.8 Å². The first kappa shape index (κ1) is 14.9. The number of ether oxygens (including phenoxy) is 1. The van der Waals surface area contributed by atoms with E-state index in [1.165, 1.54) is 7.05 Å². The van der Waals surface area contributed by atoms with Crippen LogP contribution in [-0.4, -0.2) is 59.0 Å². The second-order valence-corrected chi connectivity index (χ2v) is 6.55. The first-order chi connectivity index (χ1) is 8.07. The molecule has 0 aliphatic carbocycles. The number of hydrogen-bond acceptors (Lipinski definition) is 4. The van der Waals surface area contributed by atoms with Gasteiger partial charge in [-0.25, -0.2) is 13.1 Å². The summed E-state index contributed by atoms with van der Waals surface area (Å²) in [5.41, 5.74) is 0. The number of nitrogens with zero attached hydrogens (tertiary/aromatic N) is 1. The summed E-state index contributed by atoms with van der Waals surface area (Å²) < 4.78 is 30.2. The minimum atomic E-state index is -3.05. The monoisotopic (exact) mass is 264 g/mol. The normalized spacial score (nSPS) is 21.2. The van der Waals surface area contributed by atoms with Crippen molar-refractivity contribution in [1.82, 2.24) is 9.62 Å². The molecule has 1 aliphatic rings. The Morgan fingerprint density at radius 1 is 1.47 bits per heavy atom. The molecule has 0 aromatic heterocycles. The van der Waals surface area contributed by atoms with Crippen LogP contribution in [0.1, 0.15) is 19.8 Å². The van der Waals surface area contributed by atoms with Crippen molar-refractivity contribution in [1.29, 1.82) is 0 Å². The fourth-order valence-electron chi connectivity index (χ4n) is 2.05. The van der Waals surface area contributed by atoms with Crippen LogP contribution in [0.4, 0.5) is 0 Å². The summed E-state index contributed by atoms with van der Waals surface area (Å²) in [6.07, 6.45) is 1.82. The molecule has 17 heavy (non-hydrogen) atoms. The van der Waals surface area contributed by atoms with Gasteiger partial charge in [-0.1, -0.05) is 6.92 Å². The van der Waals surface area contributed by atoms with Gasteiger partial charge in [0, 0.05) is 13.2 Å². The van der Waals surface area contributed by atoms with Crippen molar-refractivity contribution in [3.05, 3.63) is 0 Å². The van der Waals surface area contributed by atoms with Crippen LogP contribution in [0, 0.1) is 5.92 Å². The smallest absolute Gasteiger partial charge is 0.211 e. The van der Waals surface area contributed by atoms with Gasteiger partial charge in [0.25, 0.3) is 0 Å². The average Bonchev–Trinajstić information content (AvgIpc) is 2.80. The molecule has 1 aliphatic heterocycles. The molecule has 102 valence electrons. The summed E-state index contributed by atoms with van der Waals surface area (Å²) in [4.78, 5) is 2.31. The maximum atomic E-state index is 11.3. The molecule has 1 rings (SSSR count). The van der Waals surface area contributed by atoms with E-state index < -0.39 is 10.0 Å². The number of nitrogens with one attached hydrogen (secondary N) is 1. The molecule has 1 fully saturated rings. The van der Waals surface area contributed by atoms with E-state index >= 15 is 0 Å². The van der Waals surface area contributed by atoms with Gasteiger partial charge < -0.3 is 9.64 Å². The Morgan fingerprint density at radius 3 is 2.76 bits per heavy atom. The largest absolute Gasteiger partial charge is 0.381 e. The zero-order valence-electron chi connectivity index (χ0n) is 10.8.